The van der Waals surface area contributed by atoms with Crippen LogP contribution in [0.4, 0.5) is 5.69 Å². The average Bonchev–Trinajstić information content (AvgIpc) is 3.42. The number of nitrogens with zero attached hydrogens (tertiary/aromatic N) is 1. The van der Waals surface area contributed by atoms with Gasteiger partial charge in [0.2, 0.25) is 11.8 Å². The van der Waals surface area contributed by atoms with E-state index in [2.05, 4.69) is 24.5 Å². The first-order valence-electron chi connectivity index (χ1n) is 13.1. The zero-order valence-electron chi connectivity index (χ0n) is 21.5. The van der Waals surface area contributed by atoms with Crippen molar-refractivity contribution in [2.45, 2.75) is 82.1 Å². The Bertz CT molecular complexity index is 1300. The molecule has 8 heteroatoms. The molecule has 7 aliphatic rings. The minimum absolute atomic E-state index is 0.0940. The van der Waals surface area contributed by atoms with Crippen LogP contribution >= 0.6 is 0 Å². The van der Waals surface area contributed by atoms with Gasteiger partial charge >= 0.3 is 0 Å². The predicted octanol–water partition coefficient (Wildman–Crippen LogP) is 2.76. The van der Waals surface area contributed by atoms with Crippen LogP contribution in [0.25, 0.3) is 6.08 Å². The summed E-state index contributed by atoms with van der Waals surface area (Å²) in [7, 11) is 0. The fourth-order valence-corrected chi connectivity index (χ4v) is 8.75. The highest BCUT2D eigenvalue weighted by Crippen LogP contribution is 2.71. The molecule has 5 fully saturated rings. The number of hydrogen-bond acceptors (Lipinski definition) is 5. The van der Waals surface area contributed by atoms with E-state index in [0.29, 0.717) is 37.4 Å². The Balaban J connectivity index is 1.50. The highest BCUT2D eigenvalue weighted by atomic mass is 16.5. The third kappa shape index (κ3) is 2.10. The van der Waals surface area contributed by atoms with Gasteiger partial charge in [-0.25, -0.2) is 0 Å². The number of fused-ring (bicyclic) bond motifs is 5. The minimum Gasteiger partial charge on any atom is -0.483 e. The normalized spacial score (nSPS) is 39.9. The van der Waals surface area contributed by atoms with Crippen molar-refractivity contribution in [2.24, 2.45) is 11.3 Å². The largest absolute Gasteiger partial charge is 0.483 e. The van der Waals surface area contributed by atoms with Gasteiger partial charge in [0.05, 0.1) is 5.69 Å². The van der Waals surface area contributed by atoms with Crippen molar-refractivity contribution in [1.82, 2.24) is 10.2 Å². The van der Waals surface area contributed by atoms with E-state index in [-0.39, 0.29) is 23.6 Å². The van der Waals surface area contributed by atoms with Crippen LogP contribution in [0.2, 0.25) is 0 Å². The molecule has 36 heavy (non-hydrogen) atoms. The molecule has 1 aliphatic carbocycles. The van der Waals surface area contributed by atoms with Crippen molar-refractivity contribution in [2.75, 3.05) is 18.5 Å². The van der Waals surface area contributed by atoms with Crippen molar-refractivity contribution in [1.29, 1.82) is 0 Å². The standard InChI is InChI=1S/C28H33N3O5/c1-6-35-20-27(16-8-9-17-15(19(16)29-22(27)33)10-12-24(2,3)36-17)25(4,5)18-14-26-11-7-13-31(26)23(34)28(18,20)30-21(26)32/h8-10,12,18,20H,6-7,11,13-14H2,1-5H3,(H,29,33)(H,30,32)/t18-,20-,26-,27-,28+/m0/s1. The summed E-state index contributed by atoms with van der Waals surface area (Å²) in [6.45, 7) is 10.9. The van der Waals surface area contributed by atoms with Crippen molar-refractivity contribution in [3.8, 4) is 5.75 Å². The van der Waals surface area contributed by atoms with Gasteiger partial charge in [0.1, 0.15) is 28.4 Å². The molecule has 0 unspecified atom stereocenters. The summed E-state index contributed by atoms with van der Waals surface area (Å²) < 4.78 is 12.7. The van der Waals surface area contributed by atoms with E-state index < -0.39 is 33.6 Å². The number of hydrogen-bond donors (Lipinski definition) is 2. The predicted molar refractivity (Wildman–Crippen MR) is 132 cm³/mol. The van der Waals surface area contributed by atoms with Gasteiger partial charge in [0, 0.05) is 24.6 Å². The maximum Gasteiger partial charge on any atom is 0.252 e. The van der Waals surface area contributed by atoms with Gasteiger partial charge in [-0.15, -0.1) is 0 Å². The van der Waals surface area contributed by atoms with Gasteiger partial charge in [0.25, 0.3) is 5.91 Å². The van der Waals surface area contributed by atoms with Gasteiger partial charge < -0.3 is 25.0 Å². The van der Waals surface area contributed by atoms with Gasteiger partial charge in [-0.1, -0.05) is 19.9 Å². The van der Waals surface area contributed by atoms with E-state index in [9.17, 15) is 14.4 Å². The zero-order chi connectivity index (χ0) is 25.5. The molecule has 1 aromatic carbocycles. The number of amides is 3. The van der Waals surface area contributed by atoms with E-state index in [0.717, 1.165) is 17.5 Å². The van der Waals surface area contributed by atoms with Crippen LogP contribution in [0.3, 0.4) is 0 Å². The molecule has 2 bridgehead atoms. The summed E-state index contributed by atoms with van der Waals surface area (Å²) in [6, 6.07) is 3.89. The maximum absolute atomic E-state index is 14.3. The SMILES string of the molecule is CCO[C@@H]1[C@@]23NC(=O)[C@]4(CCCN4C2=O)C[C@H]3C(C)(C)[C@]12C(=O)Nc1c2ccc2c1C=CC(C)(C)O2. The zero-order valence-corrected chi connectivity index (χ0v) is 21.5. The third-order valence-corrected chi connectivity index (χ3v) is 10.2. The Hall–Kier alpha value is -2.87. The van der Waals surface area contributed by atoms with Crippen molar-refractivity contribution in [3.05, 3.63) is 29.3 Å². The number of rotatable bonds is 2. The molecular formula is C28H33N3O5. The van der Waals surface area contributed by atoms with Crippen molar-refractivity contribution >= 4 is 29.5 Å². The highest BCUT2D eigenvalue weighted by molar-refractivity contribution is 6.13. The van der Waals surface area contributed by atoms with E-state index in [1.807, 2.05) is 45.1 Å². The number of carbonyl (C=O) groups excluding carboxylic acids is 3. The molecule has 3 spiro atoms. The van der Waals surface area contributed by atoms with Gasteiger partial charge in [-0.3, -0.25) is 14.4 Å². The Kier molecular flexibility index (Phi) is 3.93. The van der Waals surface area contributed by atoms with Crippen LogP contribution in [-0.4, -0.2) is 58.6 Å². The Labute approximate surface area is 210 Å². The molecule has 0 radical (unpaired) electrons. The number of piperidine rings is 2. The molecule has 1 saturated carbocycles. The molecule has 8 rings (SSSR count). The number of benzene rings is 1. The number of nitrogens with one attached hydrogen (secondary N) is 2. The molecular weight excluding hydrogens is 458 g/mol. The summed E-state index contributed by atoms with van der Waals surface area (Å²) in [5.41, 5.74) is -2.04. The second kappa shape index (κ2) is 6.33. The molecule has 4 saturated heterocycles. The van der Waals surface area contributed by atoms with E-state index in [1.54, 1.807) is 4.90 Å². The highest BCUT2D eigenvalue weighted by Gasteiger charge is 2.85. The second-order valence-electron chi connectivity index (χ2n) is 12.4. The van der Waals surface area contributed by atoms with Crippen LogP contribution in [0.1, 0.15) is 65.0 Å². The molecule has 6 aliphatic heterocycles. The Morgan fingerprint density at radius 2 is 1.92 bits per heavy atom. The lowest BCUT2D eigenvalue weighted by Gasteiger charge is -2.59. The van der Waals surface area contributed by atoms with Crippen LogP contribution < -0.4 is 15.4 Å². The van der Waals surface area contributed by atoms with E-state index >= 15 is 0 Å². The van der Waals surface area contributed by atoms with Crippen LogP contribution in [-0.2, 0) is 24.5 Å². The summed E-state index contributed by atoms with van der Waals surface area (Å²) in [6.07, 6.45) is 5.18. The molecule has 1 aromatic rings. The molecule has 6 heterocycles. The summed E-state index contributed by atoms with van der Waals surface area (Å²) in [4.78, 5) is 44.0. The lowest BCUT2D eigenvalue weighted by Crippen LogP contribution is -2.83. The first-order chi connectivity index (χ1) is 17.0. The quantitative estimate of drug-likeness (QED) is 0.663. The summed E-state index contributed by atoms with van der Waals surface area (Å²) in [5.74, 6) is 0.0846. The number of ether oxygens (including phenoxy) is 2. The Morgan fingerprint density at radius 3 is 2.67 bits per heavy atom. The first-order valence-corrected chi connectivity index (χ1v) is 13.1. The monoisotopic (exact) mass is 491 g/mol. The van der Waals surface area contributed by atoms with Crippen LogP contribution in [0.5, 0.6) is 5.75 Å². The number of anilines is 1. The molecule has 190 valence electrons. The number of piperazine rings is 1. The van der Waals surface area contributed by atoms with Crippen molar-refractivity contribution < 1.29 is 23.9 Å². The molecule has 5 atom stereocenters. The fraction of sp³-hybridized carbons (Fsp3) is 0.607. The number of carbonyl (C=O) groups is 3. The fourth-order valence-electron chi connectivity index (χ4n) is 8.75. The van der Waals surface area contributed by atoms with Crippen molar-refractivity contribution in [3.63, 3.8) is 0 Å². The third-order valence-electron chi connectivity index (χ3n) is 10.2. The van der Waals surface area contributed by atoms with E-state index in [1.165, 1.54) is 0 Å². The maximum atomic E-state index is 14.3. The van der Waals surface area contributed by atoms with E-state index in [4.69, 9.17) is 9.47 Å². The van der Waals surface area contributed by atoms with Crippen LogP contribution in [0.15, 0.2) is 18.2 Å². The lowest BCUT2D eigenvalue weighted by atomic mass is 9.57. The topological polar surface area (TPSA) is 97.0 Å². The molecule has 3 amide bonds. The molecule has 8 nitrogen and oxygen atoms in total. The minimum atomic E-state index is -1.29. The average molecular weight is 492 g/mol. The van der Waals surface area contributed by atoms with Gasteiger partial charge in [0.15, 0.2) is 5.54 Å². The summed E-state index contributed by atoms with van der Waals surface area (Å²) >= 11 is 0. The molecule has 0 aromatic heterocycles. The smallest absolute Gasteiger partial charge is 0.252 e. The van der Waals surface area contributed by atoms with Gasteiger partial charge in [-0.2, -0.15) is 0 Å². The Morgan fingerprint density at radius 1 is 1.14 bits per heavy atom. The second-order valence-corrected chi connectivity index (χ2v) is 12.4. The molecule has 2 N–H and O–H groups in total. The first kappa shape index (κ1) is 22.3. The van der Waals surface area contributed by atoms with Gasteiger partial charge in [-0.05, 0) is 69.2 Å². The lowest BCUT2D eigenvalue weighted by molar-refractivity contribution is -0.183. The summed E-state index contributed by atoms with van der Waals surface area (Å²) in [5, 5.41) is 6.38. The van der Waals surface area contributed by atoms with Crippen LogP contribution in [0, 0.1) is 11.3 Å².